The number of furan rings is 1. The van der Waals surface area contributed by atoms with Gasteiger partial charge in [-0.25, -0.2) is 0 Å². The van der Waals surface area contributed by atoms with Crippen LogP contribution in [-0.4, -0.2) is 29.3 Å². The van der Waals surface area contributed by atoms with E-state index in [1.54, 1.807) is 0 Å². The molecule has 1 saturated heterocycles. The molecule has 2 heterocycles. The molecular weight excluding hydrogens is 250 g/mol. The molecule has 0 saturated carbocycles. The van der Waals surface area contributed by atoms with E-state index in [9.17, 15) is 4.79 Å². The molecule has 4 heteroatoms. The lowest BCUT2D eigenvalue weighted by atomic mass is 10.0. The molecule has 0 radical (unpaired) electrons. The van der Waals surface area contributed by atoms with Gasteiger partial charge in [0, 0.05) is 24.0 Å². The maximum Gasteiger partial charge on any atom is 0.257 e. The minimum absolute atomic E-state index is 0.0761. The van der Waals surface area contributed by atoms with Crippen molar-refractivity contribution in [3.8, 4) is 0 Å². The molecule has 1 aromatic heterocycles. The van der Waals surface area contributed by atoms with Gasteiger partial charge in [0.25, 0.3) is 5.91 Å². The summed E-state index contributed by atoms with van der Waals surface area (Å²) in [4.78, 5) is 14.5. The summed E-state index contributed by atoms with van der Waals surface area (Å²) in [6, 6.07) is 0.168. The van der Waals surface area contributed by atoms with Crippen molar-refractivity contribution < 1.29 is 9.21 Å². The van der Waals surface area contributed by atoms with E-state index in [1.165, 1.54) is 0 Å². The second-order valence-corrected chi connectivity index (χ2v) is 5.33. The molecule has 1 unspecified atom stereocenters. The maximum atomic E-state index is 12.6. The number of rotatable bonds is 2. The SMILES string of the molecule is Cc1oc(C)c(C(=O)N2CCCCC2CCl)c1C. The molecular formula is C14H20ClNO2. The molecule has 1 atom stereocenters. The zero-order valence-electron chi connectivity index (χ0n) is 11.3. The van der Waals surface area contributed by atoms with Crippen LogP contribution < -0.4 is 0 Å². The highest BCUT2D eigenvalue weighted by atomic mass is 35.5. The maximum absolute atomic E-state index is 12.6. The summed E-state index contributed by atoms with van der Waals surface area (Å²) in [5, 5.41) is 0. The summed E-state index contributed by atoms with van der Waals surface area (Å²) >= 11 is 5.97. The van der Waals surface area contributed by atoms with Crippen molar-refractivity contribution in [1.29, 1.82) is 0 Å². The summed E-state index contributed by atoms with van der Waals surface area (Å²) in [6.07, 6.45) is 3.22. The minimum atomic E-state index is 0.0761. The second-order valence-electron chi connectivity index (χ2n) is 5.02. The third kappa shape index (κ3) is 2.28. The van der Waals surface area contributed by atoms with E-state index in [1.807, 2.05) is 25.7 Å². The summed E-state index contributed by atoms with van der Waals surface area (Å²) in [5.41, 5.74) is 1.68. The monoisotopic (exact) mass is 269 g/mol. The molecule has 2 rings (SSSR count). The predicted octanol–water partition coefficient (Wildman–Crippen LogP) is 3.44. The first-order chi connectivity index (χ1) is 8.56. The first-order valence-electron chi connectivity index (χ1n) is 6.49. The fourth-order valence-electron chi connectivity index (χ4n) is 2.68. The fourth-order valence-corrected chi connectivity index (χ4v) is 3.00. The minimum Gasteiger partial charge on any atom is -0.466 e. The van der Waals surface area contributed by atoms with E-state index in [4.69, 9.17) is 16.0 Å². The van der Waals surface area contributed by atoms with Crippen LogP contribution >= 0.6 is 11.6 Å². The van der Waals surface area contributed by atoms with E-state index in [0.717, 1.165) is 42.7 Å². The Labute approximate surface area is 113 Å². The van der Waals surface area contributed by atoms with E-state index < -0.39 is 0 Å². The van der Waals surface area contributed by atoms with Gasteiger partial charge in [0.1, 0.15) is 11.5 Å². The molecule has 1 amide bonds. The molecule has 100 valence electrons. The Kier molecular flexibility index (Phi) is 4.00. The number of amides is 1. The Morgan fingerprint density at radius 1 is 1.33 bits per heavy atom. The second kappa shape index (κ2) is 5.35. The van der Waals surface area contributed by atoms with Crippen molar-refractivity contribution in [2.45, 2.75) is 46.1 Å². The average molecular weight is 270 g/mol. The van der Waals surface area contributed by atoms with Gasteiger partial charge < -0.3 is 9.32 Å². The van der Waals surface area contributed by atoms with Gasteiger partial charge in [0.15, 0.2) is 0 Å². The van der Waals surface area contributed by atoms with E-state index >= 15 is 0 Å². The van der Waals surface area contributed by atoms with Gasteiger partial charge in [-0.05, 0) is 40.0 Å². The number of aryl methyl sites for hydroxylation is 2. The Balaban J connectivity index is 2.29. The summed E-state index contributed by atoms with van der Waals surface area (Å²) < 4.78 is 5.55. The molecule has 0 aromatic carbocycles. The lowest BCUT2D eigenvalue weighted by Gasteiger charge is -2.34. The van der Waals surface area contributed by atoms with Crippen molar-refractivity contribution >= 4 is 17.5 Å². The Bertz CT molecular complexity index is 453. The third-order valence-electron chi connectivity index (χ3n) is 3.84. The number of likely N-dealkylation sites (tertiary alicyclic amines) is 1. The largest absolute Gasteiger partial charge is 0.466 e. The van der Waals surface area contributed by atoms with Crippen LogP contribution in [-0.2, 0) is 0 Å². The normalized spacial score (nSPS) is 20.2. The number of piperidine rings is 1. The molecule has 0 aliphatic carbocycles. The van der Waals surface area contributed by atoms with Crippen LogP contribution in [0, 0.1) is 20.8 Å². The number of carbonyl (C=O) groups excluding carboxylic acids is 1. The number of nitrogens with zero attached hydrogens (tertiary/aromatic N) is 1. The molecule has 1 fully saturated rings. The van der Waals surface area contributed by atoms with E-state index in [2.05, 4.69) is 0 Å². The average Bonchev–Trinajstić information content (AvgIpc) is 2.62. The summed E-state index contributed by atoms with van der Waals surface area (Å²) in [5.74, 6) is 2.14. The molecule has 18 heavy (non-hydrogen) atoms. The van der Waals surface area contributed by atoms with Gasteiger partial charge in [-0.3, -0.25) is 4.79 Å². The van der Waals surface area contributed by atoms with Gasteiger partial charge in [0.05, 0.1) is 5.56 Å². The van der Waals surface area contributed by atoms with Crippen LogP contribution in [0.2, 0.25) is 0 Å². The van der Waals surface area contributed by atoms with Crippen molar-refractivity contribution in [2.24, 2.45) is 0 Å². The van der Waals surface area contributed by atoms with E-state index in [0.29, 0.717) is 11.6 Å². The van der Waals surface area contributed by atoms with Crippen molar-refractivity contribution in [3.05, 3.63) is 22.6 Å². The molecule has 0 N–H and O–H groups in total. The number of hydrogen-bond donors (Lipinski definition) is 0. The zero-order valence-corrected chi connectivity index (χ0v) is 12.0. The highest BCUT2D eigenvalue weighted by Gasteiger charge is 2.30. The molecule has 0 bridgehead atoms. The summed E-state index contributed by atoms with van der Waals surface area (Å²) in [7, 11) is 0. The Morgan fingerprint density at radius 2 is 2.06 bits per heavy atom. The predicted molar refractivity (Wildman–Crippen MR) is 72.3 cm³/mol. The van der Waals surface area contributed by atoms with Crippen molar-refractivity contribution in [2.75, 3.05) is 12.4 Å². The molecule has 1 aliphatic rings. The van der Waals surface area contributed by atoms with Crippen molar-refractivity contribution in [3.63, 3.8) is 0 Å². The van der Waals surface area contributed by atoms with Gasteiger partial charge in [-0.2, -0.15) is 0 Å². The van der Waals surface area contributed by atoms with Crippen LogP contribution in [0.25, 0.3) is 0 Å². The van der Waals surface area contributed by atoms with Crippen molar-refractivity contribution in [1.82, 2.24) is 4.90 Å². The van der Waals surface area contributed by atoms with Gasteiger partial charge in [0.2, 0.25) is 0 Å². The quantitative estimate of drug-likeness (QED) is 0.771. The van der Waals surface area contributed by atoms with Crippen LogP contribution in [0.1, 0.15) is 46.7 Å². The number of hydrogen-bond acceptors (Lipinski definition) is 2. The Morgan fingerprint density at radius 3 is 2.61 bits per heavy atom. The number of halogens is 1. The first kappa shape index (κ1) is 13.5. The molecule has 1 aromatic rings. The highest BCUT2D eigenvalue weighted by molar-refractivity contribution is 6.18. The molecule has 0 spiro atoms. The van der Waals surface area contributed by atoms with Crippen LogP contribution in [0.15, 0.2) is 4.42 Å². The first-order valence-corrected chi connectivity index (χ1v) is 7.03. The topological polar surface area (TPSA) is 33.5 Å². The molecule has 1 aliphatic heterocycles. The standard InChI is InChI=1S/C14H20ClNO2/c1-9-10(2)18-11(3)13(9)14(17)16-7-5-4-6-12(16)8-15/h12H,4-8H2,1-3H3. The van der Waals surface area contributed by atoms with Crippen LogP contribution in [0.5, 0.6) is 0 Å². The fraction of sp³-hybridized carbons (Fsp3) is 0.643. The number of carbonyl (C=O) groups is 1. The lowest BCUT2D eigenvalue weighted by Crippen LogP contribution is -2.45. The smallest absolute Gasteiger partial charge is 0.257 e. The van der Waals surface area contributed by atoms with Gasteiger partial charge >= 0.3 is 0 Å². The number of alkyl halides is 1. The third-order valence-corrected chi connectivity index (χ3v) is 4.20. The summed E-state index contributed by atoms with van der Waals surface area (Å²) in [6.45, 7) is 6.50. The van der Waals surface area contributed by atoms with E-state index in [-0.39, 0.29) is 11.9 Å². The van der Waals surface area contributed by atoms with Gasteiger partial charge in [-0.1, -0.05) is 0 Å². The zero-order chi connectivity index (χ0) is 13.3. The molecule has 3 nitrogen and oxygen atoms in total. The van der Waals surface area contributed by atoms with Gasteiger partial charge in [-0.15, -0.1) is 11.6 Å². The Hall–Kier alpha value is -0.960. The van der Waals surface area contributed by atoms with Crippen LogP contribution in [0.3, 0.4) is 0 Å². The lowest BCUT2D eigenvalue weighted by molar-refractivity contribution is 0.0636. The highest BCUT2D eigenvalue weighted by Crippen LogP contribution is 2.26. The van der Waals surface area contributed by atoms with Crippen LogP contribution in [0.4, 0.5) is 0 Å².